The third-order valence-corrected chi connectivity index (χ3v) is 2.39. The van der Waals surface area contributed by atoms with Crippen molar-refractivity contribution < 1.29 is 0 Å². The summed E-state index contributed by atoms with van der Waals surface area (Å²) in [6.07, 6.45) is 2.62. The van der Waals surface area contributed by atoms with Gasteiger partial charge in [-0.1, -0.05) is 24.3 Å². The maximum atomic E-state index is 5.72. The van der Waals surface area contributed by atoms with Crippen LogP contribution in [0.3, 0.4) is 0 Å². The van der Waals surface area contributed by atoms with Crippen molar-refractivity contribution in [3.63, 3.8) is 0 Å². The Morgan fingerprint density at radius 2 is 2.07 bits per heavy atom. The molecular formula is C11H13N3. The van der Waals surface area contributed by atoms with Crippen LogP contribution < -0.4 is 5.73 Å². The van der Waals surface area contributed by atoms with E-state index in [0.29, 0.717) is 5.82 Å². The Balaban J connectivity index is 2.28. The molecule has 0 saturated heterocycles. The molecule has 2 aromatic rings. The summed E-state index contributed by atoms with van der Waals surface area (Å²) in [6, 6.07) is 8.30. The smallest absolute Gasteiger partial charge is 0.122 e. The largest absolute Gasteiger partial charge is 0.384 e. The maximum Gasteiger partial charge on any atom is 0.122 e. The Labute approximate surface area is 83.0 Å². The molecule has 0 aliphatic heterocycles. The van der Waals surface area contributed by atoms with Crippen LogP contribution in [0.4, 0.5) is 5.82 Å². The van der Waals surface area contributed by atoms with Gasteiger partial charge in [-0.2, -0.15) is 5.10 Å². The minimum absolute atomic E-state index is 0.660. The summed E-state index contributed by atoms with van der Waals surface area (Å²) in [5, 5.41) is 6.63. The standard InChI is InChI=1S/C11H13N3/c1-8-4-2-3-5-9(8)6-10-7-13-14-11(10)12/h2-5,7H,6H2,1H3,(H3,12,13,14). The van der Waals surface area contributed by atoms with Gasteiger partial charge in [-0.15, -0.1) is 0 Å². The lowest BCUT2D eigenvalue weighted by Crippen LogP contribution is -1.94. The molecule has 14 heavy (non-hydrogen) atoms. The van der Waals surface area contributed by atoms with Crippen molar-refractivity contribution >= 4 is 5.82 Å². The second kappa shape index (κ2) is 3.54. The SMILES string of the molecule is Cc1ccccc1Cc1cn[nH]c1N. The van der Waals surface area contributed by atoms with Crippen LogP contribution in [0, 0.1) is 6.92 Å². The van der Waals surface area contributed by atoms with Crippen molar-refractivity contribution in [3.05, 3.63) is 47.2 Å². The predicted molar refractivity (Wildman–Crippen MR) is 57.0 cm³/mol. The van der Waals surface area contributed by atoms with Crippen LogP contribution in [-0.4, -0.2) is 10.2 Å². The number of benzene rings is 1. The molecule has 2 rings (SSSR count). The molecule has 0 spiro atoms. The summed E-state index contributed by atoms with van der Waals surface area (Å²) < 4.78 is 0. The molecule has 0 aliphatic carbocycles. The number of nitrogens with two attached hydrogens (primary N) is 1. The summed E-state index contributed by atoms with van der Waals surface area (Å²) in [7, 11) is 0. The summed E-state index contributed by atoms with van der Waals surface area (Å²) in [6.45, 7) is 2.10. The minimum atomic E-state index is 0.660. The van der Waals surface area contributed by atoms with Crippen molar-refractivity contribution in [2.45, 2.75) is 13.3 Å². The fourth-order valence-electron chi connectivity index (χ4n) is 1.48. The molecule has 3 N–H and O–H groups in total. The highest BCUT2D eigenvalue weighted by atomic mass is 15.1. The average Bonchev–Trinajstić information content (AvgIpc) is 2.56. The van der Waals surface area contributed by atoms with E-state index in [1.807, 2.05) is 12.1 Å². The minimum Gasteiger partial charge on any atom is -0.384 e. The lowest BCUT2D eigenvalue weighted by molar-refractivity contribution is 1.10. The number of hydrogen-bond acceptors (Lipinski definition) is 2. The zero-order valence-corrected chi connectivity index (χ0v) is 8.12. The highest BCUT2D eigenvalue weighted by Crippen LogP contribution is 2.15. The number of nitrogens with one attached hydrogen (secondary N) is 1. The van der Waals surface area contributed by atoms with Crippen LogP contribution in [0.1, 0.15) is 16.7 Å². The number of aromatic nitrogens is 2. The van der Waals surface area contributed by atoms with E-state index in [9.17, 15) is 0 Å². The quantitative estimate of drug-likeness (QED) is 0.754. The molecule has 0 bridgehead atoms. The van der Waals surface area contributed by atoms with Crippen molar-refractivity contribution in [1.82, 2.24) is 10.2 Å². The molecule has 72 valence electrons. The second-order valence-electron chi connectivity index (χ2n) is 3.41. The topological polar surface area (TPSA) is 54.7 Å². The Kier molecular flexibility index (Phi) is 2.23. The van der Waals surface area contributed by atoms with E-state index < -0.39 is 0 Å². The van der Waals surface area contributed by atoms with Crippen molar-refractivity contribution in [1.29, 1.82) is 0 Å². The van der Waals surface area contributed by atoms with Crippen LogP contribution in [-0.2, 0) is 6.42 Å². The number of hydrogen-bond donors (Lipinski definition) is 2. The monoisotopic (exact) mass is 187 g/mol. The summed E-state index contributed by atoms with van der Waals surface area (Å²) in [4.78, 5) is 0. The number of H-pyrrole nitrogens is 1. The molecule has 3 nitrogen and oxygen atoms in total. The number of aryl methyl sites for hydroxylation is 1. The number of rotatable bonds is 2. The second-order valence-corrected chi connectivity index (χ2v) is 3.41. The van der Waals surface area contributed by atoms with E-state index in [4.69, 9.17) is 5.73 Å². The normalized spacial score (nSPS) is 10.4. The first-order valence-electron chi connectivity index (χ1n) is 4.59. The lowest BCUT2D eigenvalue weighted by Gasteiger charge is -2.03. The molecule has 3 heteroatoms. The lowest BCUT2D eigenvalue weighted by atomic mass is 10.0. The van der Waals surface area contributed by atoms with Gasteiger partial charge in [-0.3, -0.25) is 5.10 Å². The highest BCUT2D eigenvalue weighted by Gasteiger charge is 2.03. The van der Waals surface area contributed by atoms with Crippen LogP contribution in [0.5, 0.6) is 0 Å². The average molecular weight is 187 g/mol. The fraction of sp³-hybridized carbons (Fsp3) is 0.182. The first-order valence-corrected chi connectivity index (χ1v) is 4.59. The van der Waals surface area contributed by atoms with Gasteiger partial charge in [0.2, 0.25) is 0 Å². The number of aromatic amines is 1. The molecule has 0 unspecified atom stereocenters. The third-order valence-electron chi connectivity index (χ3n) is 2.39. The van der Waals surface area contributed by atoms with Gasteiger partial charge in [0.05, 0.1) is 6.20 Å². The van der Waals surface area contributed by atoms with Crippen molar-refractivity contribution in [3.8, 4) is 0 Å². The summed E-state index contributed by atoms with van der Waals surface area (Å²) in [5.41, 5.74) is 9.35. The van der Waals surface area contributed by atoms with E-state index in [-0.39, 0.29) is 0 Å². The Bertz CT molecular complexity index is 432. The molecular weight excluding hydrogens is 174 g/mol. The molecule has 1 aromatic carbocycles. The zero-order chi connectivity index (χ0) is 9.97. The van der Waals surface area contributed by atoms with Gasteiger partial charge in [-0.05, 0) is 18.1 Å². The number of nitrogens with zero attached hydrogens (tertiary/aromatic N) is 1. The predicted octanol–water partition coefficient (Wildman–Crippen LogP) is 1.89. The van der Waals surface area contributed by atoms with Gasteiger partial charge in [-0.25, -0.2) is 0 Å². The van der Waals surface area contributed by atoms with Gasteiger partial charge in [0, 0.05) is 12.0 Å². The Hall–Kier alpha value is -1.77. The van der Waals surface area contributed by atoms with Crippen molar-refractivity contribution in [2.75, 3.05) is 5.73 Å². The van der Waals surface area contributed by atoms with Crippen LogP contribution in [0.15, 0.2) is 30.5 Å². The van der Waals surface area contributed by atoms with Crippen LogP contribution >= 0.6 is 0 Å². The molecule has 0 saturated carbocycles. The Morgan fingerprint density at radius 3 is 2.71 bits per heavy atom. The van der Waals surface area contributed by atoms with Gasteiger partial charge in [0.15, 0.2) is 0 Å². The van der Waals surface area contributed by atoms with E-state index in [2.05, 4.69) is 29.3 Å². The molecule has 0 fully saturated rings. The summed E-state index contributed by atoms with van der Waals surface area (Å²) in [5.74, 6) is 0.660. The van der Waals surface area contributed by atoms with E-state index in [0.717, 1.165) is 12.0 Å². The molecule has 1 aromatic heterocycles. The van der Waals surface area contributed by atoms with Crippen LogP contribution in [0.25, 0.3) is 0 Å². The van der Waals surface area contributed by atoms with E-state index in [1.54, 1.807) is 6.20 Å². The van der Waals surface area contributed by atoms with Crippen molar-refractivity contribution in [2.24, 2.45) is 0 Å². The summed E-state index contributed by atoms with van der Waals surface area (Å²) >= 11 is 0. The molecule has 0 radical (unpaired) electrons. The molecule has 0 atom stereocenters. The zero-order valence-electron chi connectivity index (χ0n) is 8.12. The number of anilines is 1. The van der Waals surface area contributed by atoms with Gasteiger partial charge < -0.3 is 5.73 Å². The maximum absolute atomic E-state index is 5.72. The highest BCUT2D eigenvalue weighted by molar-refractivity contribution is 5.42. The molecule has 1 heterocycles. The Morgan fingerprint density at radius 1 is 1.29 bits per heavy atom. The van der Waals surface area contributed by atoms with E-state index >= 15 is 0 Å². The van der Waals surface area contributed by atoms with Gasteiger partial charge in [0.1, 0.15) is 5.82 Å². The molecule has 0 aliphatic rings. The van der Waals surface area contributed by atoms with Gasteiger partial charge >= 0.3 is 0 Å². The first kappa shape index (κ1) is 8.81. The van der Waals surface area contributed by atoms with Gasteiger partial charge in [0.25, 0.3) is 0 Å². The fourth-order valence-corrected chi connectivity index (χ4v) is 1.48. The van der Waals surface area contributed by atoms with Crippen LogP contribution in [0.2, 0.25) is 0 Å². The van der Waals surface area contributed by atoms with E-state index in [1.165, 1.54) is 11.1 Å². The molecule has 0 amide bonds. The first-order chi connectivity index (χ1) is 6.77. The number of nitrogen functional groups attached to an aromatic ring is 1. The third kappa shape index (κ3) is 1.62.